The number of aliphatic imine (C=N–C) groups is 1. The lowest BCUT2D eigenvalue weighted by Gasteiger charge is -2.06. The van der Waals surface area contributed by atoms with Crippen LogP contribution >= 0.6 is 0 Å². The third-order valence-electron chi connectivity index (χ3n) is 4.14. The number of fused-ring (bicyclic) bond motifs is 1. The van der Waals surface area contributed by atoms with Crippen LogP contribution in [-0.2, 0) is 13.0 Å². The molecule has 0 unspecified atom stereocenters. The Morgan fingerprint density at radius 3 is 2.50 bits per heavy atom. The number of hydrogen-bond donors (Lipinski definition) is 0. The Morgan fingerprint density at radius 1 is 0.885 bits per heavy atom. The first-order chi connectivity index (χ1) is 12.7. The molecule has 0 radical (unpaired) electrons. The second-order valence-corrected chi connectivity index (χ2v) is 6.08. The average molecular weight is 344 g/mol. The molecule has 4 rings (SSSR count). The van der Waals surface area contributed by atoms with E-state index in [1.165, 1.54) is 12.1 Å². The highest BCUT2D eigenvalue weighted by atomic mass is 19.1. The van der Waals surface area contributed by atoms with E-state index in [0.29, 0.717) is 24.2 Å². The Balaban J connectivity index is 1.61. The summed E-state index contributed by atoms with van der Waals surface area (Å²) >= 11 is 0. The van der Waals surface area contributed by atoms with Crippen LogP contribution in [0.3, 0.4) is 0 Å². The summed E-state index contributed by atoms with van der Waals surface area (Å²) in [5.74, 6) is 4.97. The van der Waals surface area contributed by atoms with Crippen LogP contribution in [0.5, 0.6) is 0 Å². The van der Waals surface area contributed by atoms with Gasteiger partial charge in [-0.05, 0) is 65.3 Å². The molecule has 0 saturated carbocycles. The fourth-order valence-electron chi connectivity index (χ4n) is 2.96. The minimum Gasteiger partial charge on any atom is -0.271 e. The number of aromatic nitrogens is 1. The topological polar surface area (TPSA) is 25.2 Å². The molecule has 0 atom stereocenters. The molecular formula is C22H14F2N2. The van der Waals surface area contributed by atoms with Crippen LogP contribution in [0.2, 0.25) is 0 Å². The number of halogens is 2. The molecule has 0 N–H and O–H groups in total. The van der Waals surface area contributed by atoms with Gasteiger partial charge in [0.1, 0.15) is 23.0 Å². The predicted molar refractivity (Wildman–Crippen MR) is 97.0 cm³/mol. The Bertz CT molecular complexity index is 1040. The zero-order valence-electron chi connectivity index (χ0n) is 13.8. The van der Waals surface area contributed by atoms with Crippen molar-refractivity contribution in [2.45, 2.75) is 13.0 Å². The maximum atomic E-state index is 13.4. The molecule has 0 amide bonds. The van der Waals surface area contributed by atoms with E-state index in [-0.39, 0.29) is 0 Å². The summed E-state index contributed by atoms with van der Waals surface area (Å²) in [5, 5.41) is 0. The average Bonchev–Trinajstić information content (AvgIpc) is 3.02. The van der Waals surface area contributed by atoms with Crippen LogP contribution in [0.4, 0.5) is 8.78 Å². The SMILES string of the molecule is Fc1cc(F)cc(Cc2ccc3c(c2)C(C#Cc2ccccn2)=NC3)c1. The number of pyridine rings is 1. The highest BCUT2D eigenvalue weighted by Crippen LogP contribution is 2.22. The van der Waals surface area contributed by atoms with Crippen molar-refractivity contribution in [3.8, 4) is 11.8 Å². The molecule has 0 saturated heterocycles. The Morgan fingerprint density at radius 2 is 1.73 bits per heavy atom. The maximum absolute atomic E-state index is 13.4. The van der Waals surface area contributed by atoms with Crippen molar-refractivity contribution in [1.82, 2.24) is 4.98 Å². The monoisotopic (exact) mass is 344 g/mol. The lowest BCUT2D eigenvalue weighted by Crippen LogP contribution is -1.98. The van der Waals surface area contributed by atoms with Crippen LogP contribution in [0.15, 0.2) is 65.8 Å². The summed E-state index contributed by atoms with van der Waals surface area (Å²) in [6.07, 6.45) is 2.15. The lowest BCUT2D eigenvalue weighted by molar-refractivity contribution is 0.580. The molecule has 0 aliphatic carbocycles. The van der Waals surface area contributed by atoms with Gasteiger partial charge in [-0.25, -0.2) is 13.8 Å². The molecule has 1 aliphatic heterocycles. The number of nitrogens with zero attached hydrogens (tertiary/aromatic N) is 2. The van der Waals surface area contributed by atoms with Crippen LogP contribution in [0.1, 0.15) is 27.9 Å². The van der Waals surface area contributed by atoms with Crippen LogP contribution < -0.4 is 0 Å². The zero-order valence-corrected chi connectivity index (χ0v) is 13.8. The first-order valence-corrected chi connectivity index (χ1v) is 8.22. The third-order valence-corrected chi connectivity index (χ3v) is 4.14. The molecule has 2 nitrogen and oxygen atoms in total. The second-order valence-electron chi connectivity index (χ2n) is 6.08. The number of benzene rings is 2. The van der Waals surface area contributed by atoms with Gasteiger partial charge < -0.3 is 0 Å². The highest BCUT2D eigenvalue weighted by Gasteiger charge is 2.15. The van der Waals surface area contributed by atoms with Gasteiger partial charge in [-0.1, -0.05) is 18.2 Å². The van der Waals surface area contributed by atoms with Crippen molar-refractivity contribution >= 4 is 5.71 Å². The minimum absolute atomic E-state index is 0.447. The van der Waals surface area contributed by atoms with E-state index in [1.54, 1.807) is 6.20 Å². The molecule has 4 heteroatoms. The van der Waals surface area contributed by atoms with Gasteiger partial charge in [0, 0.05) is 17.8 Å². The number of rotatable bonds is 2. The molecule has 0 fully saturated rings. The van der Waals surface area contributed by atoms with Gasteiger partial charge in [0.15, 0.2) is 0 Å². The van der Waals surface area contributed by atoms with E-state index in [2.05, 4.69) is 21.8 Å². The molecule has 0 bridgehead atoms. The summed E-state index contributed by atoms with van der Waals surface area (Å²) in [5.41, 5.74) is 5.04. The molecule has 0 spiro atoms. The van der Waals surface area contributed by atoms with Gasteiger partial charge >= 0.3 is 0 Å². The molecule has 1 aromatic heterocycles. The van der Waals surface area contributed by atoms with Gasteiger partial charge in [0.25, 0.3) is 0 Å². The van der Waals surface area contributed by atoms with Gasteiger partial charge in [0.2, 0.25) is 0 Å². The minimum atomic E-state index is -0.565. The van der Waals surface area contributed by atoms with Crippen LogP contribution in [0.25, 0.3) is 0 Å². The van der Waals surface area contributed by atoms with E-state index < -0.39 is 11.6 Å². The summed E-state index contributed by atoms with van der Waals surface area (Å²) in [4.78, 5) is 8.68. The molecular weight excluding hydrogens is 330 g/mol. The molecule has 1 aliphatic rings. The van der Waals surface area contributed by atoms with Gasteiger partial charge in [-0.3, -0.25) is 4.99 Å². The van der Waals surface area contributed by atoms with Crippen LogP contribution in [0, 0.1) is 23.5 Å². The Hall–Kier alpha value is -3.32. The van der Waals surface area contributed by atoms with E-state index in [9.17, 15) is 8.78 Å². The third kappa shape index (κ3) is 3.52. The van der Waals surface area contributed by atoms with Gasteiger partial charge in [-0.2, -0.15) is 0 Å². The normalized spacial score (nSPS) is 12.2. The summed E-state index contributed by atoms with van der Waals surface area (Å²) < 4.78 is 26.8. The molecule has 2 heterocycles. The van der Waals surface area contributed by atoms with E-state index in [0.717, 1.165) is 28.5 Å². The van der Waals surface area contributed by atoms with E-state index >= 15 is 0 Å². The van der Waals surface area contributed by atoms with Crippen molar-refractivity contribution in [2.24, 2.45) is 4.99 Å². The first kappa shape index (κ1) is 16.2. The van der Waals surface area contributed by atoms with E-state index in [1.807, 2.05) is 36.4 Å². The Labute approximate surface area is 150 Å². The standard InChI is InChI=1S/C22H14F2N2/c23-18-10-16(11-19(24)13-18)9-15-4-5-17-14-26-22(21(17)12-15)7-6-20-3-1-2-8-25-20/h1-5,8,10-13H,9,14H2. The molecule has 3 aromatic rings. The fourth-order valence-corrected chi connectivity index (χ4v) is 2.96. The molecule has 2 aromatic carbocycles. The van der Waals surface area contributed by atoms with Crippen molar-refractivity contribution in [1.29, 1.82) is 0 Å². The second kappa shape index (κ2) is 6.89. The number of hydrogen-bond acceptors (Lipinski definition) is 2. The Kier molecular flexibility index (Phi) is 4.28. The van der Waals surface area contributed by atoms with Crippen molar-refractivity contribution in [3.63, 3.8) is 0 Å². The quantitative estimate of drug-likeness (QED) is 0.636. The fraction of sp³-hybridized carbons (Fsp3) is 0.0909. The van der Waals surface area contributed by atoms with Crippen molar-refractivity contribution in [2.75, 3.05) is 0 Å². The predicted octanol–water partition coefficient (Wildman–Crippen LogP) is 4.31. The van der Waals surface area contributed by atoms with Crippen molar-refractivity contribution < 1.29 is 8.78 Å². The summed E-state index contributed by atoms with van der Waals surface area (Å²) in [6, 6.07) is 15.1. The van der Waals surface area contributed by atoms with E-state index in [4.69, 9.17) is 0 Å². The molecule has 126 valence electrons. The smallest absolute Gasteiger partial charge is 0.126 e. The highest BCUT2D eigenvalue weighted by molar-refractivity contribution is 6.15. The van der Waals surface area contributed by atoms with Gasteiger partial charge in [0.05, 0.1) is 6.54 Å². The summed E-state index contributed by atoms with van der Waals surface area (Å²) in [6.45, 7) is 0.594. The largest absolute Gasteiger partial charge is 0.271 e. The zero-order chi connectivity index (χ0) is 17.9. The maximum Gasteiger partial charge on any atom is 0.126 e. The van der Waals surface area contributed by atoms with Gasteiger partial charge in [-0.15, -0.1) is 0 Å². The molecule has 26 heavy (non-hydrogen) atoms. The van der Waals surface area contributed by atoms with Crippen LogP contribution in [-0.4, -0.2) is 10.7 Å². The van der Waals surface area contributed by atoms with Crippen molar-refractivity contribution in [3.05, 3.63) is 100 Å². The lowest BCUT2D eigenvalue weighted by atomic mass is 9.98. The summed E-state index contributed by atoms with van der Waals surface area (Å²) in [7, 11) is 0. The first-order valence-electron chi connectivity index (χ1n) is 8.22.